The van der Waals surface area contributed by atoms with Crippen molar-refractivity contribution in [3.8, 4) is 0 Å². The molecule has 3 aromatic rings. The van der Waals surface area contributed by atoms with E-state index in [4.69, 9.17) is 9.15 Å². The van der Waals surface area contributed by atoms with E-state index >= 15 is 0 Å². The van der Waals surface area contributed by atoms with Gasteiger partial charge in [-0.25, -0.2) is 0 Å². The number of fused-ring (bicyclic) bond motifs is 1. The standard InChI is InChI=1S/C19H21N5O5/c1-12-2-5-17(29-12)16(23-6-8-28-9-7-23)11-20-19(25)18-14-10-13(24(26)27)3-4-15(14)21-22-18/h2-5,10,16H,6-9,11H2,1H3,(H,20,25)(H,21,22)/t16-/m0/s1. The highest BCUT2D eigenvalue weighted by Gasteiger charge is 2.26. The number of morpholine rings is 1. The summed E-state index contributed by atoms with van der Waals surface area (Å²) in [7, 11) is 0. The van der Waals surface area contributed by atoms with E-state index in [1.54, 1.807) is 6.07 Å². The number of hydrogen-bond donors (Lipinski definition) is 2. The van der Waals surface area contributed by atoms with E-state index < -0.39 is 10.8 Å². The highest BCUT2D eigenvalue weighted by molar-refractivity contribution is 6.05. The Hall–Kier alpha value is -3.24. The number of H-pyrrole nitrogens is 1. The van der Waals surface area contributed by atoms with E-state index in [-0.39, 0.29) is 17.4 Å². The third-order valence-electron chi connectivity index (χ3n) is 5.00. The molecule has 2 N–H and O–H groups in total. The van der Waals surface area contributed by atoms with Gasteiger partial charge in [0.1, 0.15) is 11.5 Å². The number of hydrogen-bond acceptors (Lipinski definition) is 7. The van der Waals surface area contributed by atoms with Crippen LogP contribution in [0.4, 0.5) is 5.69 Å². The topological polar surface area (TPSA) is 127 Å². The van der Waals surface area contributed by atoms with Gasteiger partial charge in [0, 0.05) is 37.2 Å². The van der Waals surface area contributed by atoms with E-state index in [1.807, 2.05) is 19.1 Å². The highest BCUT2D eigenvalue weighted by atomic mass is 16.6. The van der Waals surface area contributed by atoms with Crippen molar-refractivity contribution in [2.24, 2.45) is 0 Å². The van der Waals surface area contributed by atoms with Crippen LogP contribution in [0.3, 0.4) is 0 Å². The molecule has 0 spiro atoms. The zero-order chi connectivity index (χ0) is 20.4. The zero-order valence-corrected chi connectivity index (χ0v) is 15.9. The monoisotopic (exact) mass is 399 g/mol. The SMILES string of the molecule is Cc1ccc([C@H](CNC(=O)c2n[nH]c3ccc([N+](=O)[O-])cc23)N2CCOCC2)o1. The molecule has 1 aliphatic heterocycles. The van der Waals surface area contributed by atoms with Crippen LogP contribution in [0, 0.1) is 17.0 Å². The number of furan rings is 1. The Balaban J connectivity index is 1.54. The third kappa shape index (κ3) is 3.98. The third-order valence-corrected chi connectivity index (χ3v) is 5.00. The van der Waals surface area contributed by atoms with Crippen molar-refractivity contribution in [1.29, 1.82) is 0 Å². The van der Waals surface area contributed by atoms with Gasteiger partial charge in [-0.15, -0.1) is 0 Å². The van der Waals surface area contributed by atoms with Crippen LogP contribution in [-0.4, -0.2) is 58.8 Å². The molecular formula is C19H21N5O5. The van der Waals surface area contributed by atoms with Crippen molar-refractivity contribution >= 4 is 22.5 Å². The Bertz CT molecular complexity index is 1040. The lowest BCUT2D eigenvalue weighted by Crippen LogP contribution is -2.43. The molecule has 0 saturated carbocycles. The molecule has 152 valence electrons. The number of non-ortho nitro benzene ring substituents is 1. The number of nitro benzene ring substituents is 1. The van der Waals surface area contributed by atoms with Crippen LogP contribution in [0.2, 0.25) is 0 Å². The van der Waals surface area contributed by atoms with Crippen molar-refractivity contribution in [2.75, 3.05) is 32.8 Å². The number of ether oxygens (including phenoxy) is 1. The number of benzene rings is 1. The molecule has 1 atom stereocenters. The quantitative estimate of drug-likeness (QED) is 0.480. The van der Waals surface area contributed by atoms with Gasteiger partial charge < -0.3 is 14.5 Å². The second-order valence-corrected chi connectivity index (χ2v) is 6.88. The molecule has 2 aromatic heterocycles. The number of aryl methyl sites for hydroxylation is 1. The summed E-state index contributed by atoms with van der Waals surface area (Å²) in [6.07, 6.45) is 0. The maximum atomic E-state index is 12.8. The van der Waals surface area contributed by atoms with Gasteiger partial charge in [0.2, 0.25) is 0 Å². The number of aromatic amines is 1. The Labute approximate surface area is 166 Å². The predicted molar refractivity (Wildman–Crippen MR) is 104 cm³/mol. The van der Waals surface area contributed by atoms with E-state index in [0.29, 0.717) is 30.7 Å². The first-order chi connectivity index (χ1) is 14.0. The number of aromatic nitrogens is 2. The molecule has 1 aromatic carbocycles. The number of nitro groups is 1. The molecule has 0 aliphatic carbocycles. The van der Waals surface area contributed by atoms with Crippen molar-refractivity contribution in [3.63, 3.8) is 0 Å². The first-order valence-electron chi connectivity index (χ1n) is 9.32. The van der Waals surface area contributed by atoms with E-state index in [9.17, 15) is 14.9 Å². The number of nitrogens with one attached hydrogen (secondary N) is 2. The van der Waals surface area contributed by atoms with Crippen LogP contribution in [0.25, 0.3) is 10.9 Å². The number of carbonyl (C=O) groups excluding carboxylic acids is 1. The largest absolute Gasteiger partial charge is 0.465 e. The van der Waals surface area contributed by atoms with Crippen LogP contribution in [0.1, 0.15) is 28.1 Å². The molecule has 29 heavy (non-hydrogen) atoms. The van der Waals surface area contributed by atoms with Crippen molar-refractivity contribution in [3.05, 3.63) is 57.7 Å². The fraction of sp³-hybridized carbons (Fsp3) is 0.368. The fourth-order valence-corrected chi connectivity index (χ4v) is 3.49. The fourth-order valence-electron chi connectivity index (χ4n) is 3.49. The van der Waals surface area contributed by atoms with Gasteiger partial charge in [0.15, 0.2) is 5.69 Å². The predicted octanol–water partition coefficient (Wildman–Crippen LogP) is 2.18. The Morgan fingerprint density at radius 2 is 2.14 bits per heavy atom. The molecule has 0 unspecified atom stereocenters. The second kappa shape index (κ2) is 8.02. The van der Waals surface area contributed by atoms with Gasteiger partial charge in [-0.05, 0) is 25.1 Å². The molecule has 0 bridgehead atoms. The lowest BCUT2D eigenvalue weighted by molar-refractivity contribution is -0.384. The van der Waals surface area contributed by atoms with Crippen molar-refractivity contribution in [1.82, 2.24) is 20.4 Å². The Morgan fingerprint density at radius 1 is 1.34 bits per heavy atom. The van der Waals surface area contributed by atoms with Crippen molar-refractivity contribution < 1.29 is 18.9 Å². The summed E-state index contributed by atoms with van der Waals surface area (Å²) in [4.78, 5) is 25.5. The molecular weight excluding hydrogens is 378 g/mol. The number of carbonyl (C=O) groups is 1. The number of nitrogens with zero attached hydrogens (tertiary/aromatic N) is 3. The molecule has 1 amide bonds. The maximum Gasteiger partial charge on any atom is 0.272 e. The van der Waals surface area contributed by atoms with Gasteiger partial charge >= 0.3 is 0 Å². The number of rotatable bonds is 6. The van der Waals surface area contributed by atoms with Crippen LogP contribution < -0.4 is 5.32 Å². The normalized spacial score (nSPS) is 16.0. The first kappa shape index (κ1) is 19.1. The zero-order valence-electron chi connectivity index (χ0n) is 15.9. The summed E-state index contributed by atoms with van der Waals surface area (Å²) >= 11 is 0. The smallest absolute Gasteiger partial charge is 0.272 e. The van der Waals surface area contributed by atoms with Crippen LogP contribution in [0.15, 0.2) is 34.7 Å². The van der Waals surface area contributed by atoms with E-state index in [2.05, 4.69) is 20.4 Å². The lowest BCUT2D eigenvalue weighted by atomic mass is 10.1. The summed E-state index contributed by atoms with van der Waals surface area (Å²) in [5.74, 6) is 1.17. The van der Waals surface area contributed by atoms with Gasteiger partial charge in [-0.2, -0.15) is 5.10 Å². The minimum atomic E-state index is -0.498. The van der Waals surface area contributed by atoms with Gasteiger partial charge in [-0.3, -0.25) is 24.9 Å². The highest BCUT2D eigenvalue weighted by Crippen LogP contribution is 2.25. The molecule has 0 radical (unpaired) electrons. The minimum absolute atomic E-state index is 0.0924. The summed E-state index contributed by atoms with van der Waals surface area (Å²) in [5.41, 5.74) is 0.595. The van der Waals surface area contributed by atoms with Gasteiger partial charge in [-0.1, -0.05) is 0 Å². The van der Waals surface area contributed by atoms with E-state index in [0.717, 1.165) is 24.6 Å². The van der Waals surface area contributed by atoms with Gasteiger partial charge in [0.25, 0.3) is 11.6 Å². The van der Waals surface area contributed by atoms with Crippen molar-refractivity contribution in [2.45, 2.75) is 13.0 Å². The Kier molecular flexibility index (Phi) is 5.28. The van der Waals surface area contributed by atoms with Gasteiger partial charge in [0.05, 0.1) is 29.7 Å². The molecule has 3 heterocycles. The number of amides is 1. The molecule has 10 heteroatoms. The summed E-state index contributed by atoms with van der Waals surface area (Å²) in [6.45, 7) is 4.90. The molecule has 10 nitrogen and oxygen atoms in total. The van der Waals surface area contributed by atoms with E-state index in [1.165, 1.54) is 12.1 Å². The molecule has 1 fully saturated rings. The van der Waals surface area contributed by atoms with Crippen LogP contribution >= 0.6 is 0 Å². The Morgan fingerprint density at radius 3 is 2.83 bits per heavy atom. The molecule has 1 aliphatic rings. The average Bonchev–Trinajstić information content (AvgIpc) is 3.34. The first-order valence-corrected chi connectivity index (χ1v) is 9.32. The maximum absolute atomic E-state index is 12.8. The van der Waals surface area contributed by atoms with Crippen LogP contribution in [0.5, 0.6) is 0 Å². The molecule has 1 saturated heterocycles. The minimum Gasteiger partial charge on any atom is -0.465 e. The summed E-state index contributed by atoms with van der Waals surface area (Å²) < 4.78 is 11.2. The summed E-state index contributed by atoms with van der Waals surface area (Å²) in [6, 6.07) is 7.93. The lowest BCUT2D eigenvalue weighted by Gasteiger charge is -2.33. The second-order valence-electron chi connectivity index (χ2n) is 6.88. The average molecular weight is 399 g/mol. The summed E-state index contributed by atoms with van der Waals surface area (Å²) in [5, 5.41) is 21.1. The van der Waals surface area contributed by atoms with Crippen LogP contribution in [-0.2, 0) is 4.74 Å². The molecule has 4 rings (SSSR count).